The van der Waals surface area contributed by atoms with E-state index >= 15 is 0 Å². The highest BCUT2D eigenvalue weighted by molar-refractivity contribution is 7.92. The number of anilines is 2. The Kier molecular flexibility index (Phi) is 7.82. The minimum Gasteiger partial charge on any atom is -0.322 e. The second-order valence-electron chi connectivity index (χ2n) is 8.88. The van der Waals surface area contributed by atoms with Gasteiger partial charge in [0.05, 0.1) is 23.4 Å². The normalized spacial score (nSPS) is 11.1. The zero-order chi connectivity index (χ0) is 27.3. The molecule has 1 heterocycles. The third-order valence-corrected chi connectivity index (χ3v) is 7.11. The van der Waals surface area contributed by atoms with Crippen LogP contribution in [0.5, 0.6) is 0 Å². The van der Waals surface area contributed by atoms with Gasteiger partial charge in [0.25, 0.3) is 11.6 Å². The number of aryl methyl sites for hydroxylation is 1. The number of sulfonamides is 1. The molecule has 0 fully saturated rings. The highest BCUT2D eigenvalue weighted by Gasteiger charge is 2.22. The quantitative estimate of drug-likeness (QED) is 0.237. The number of benzene rings is 3. The highest BCUT2D eigenvalue weighted by atomic mass is 32.2. The van der Waals surface area contributed by atoms with Gasteiger partial charge >= 0.3 is 0 Å². The zero-order valence-electron chi connectivity index (χ0n) is 20.9. The summed E-state index contributed by atoms with van der Waals surface area (Å²) in [6.45, 7) is 1.65. The van der Waals surface area contributed by atoms with E-state index in [2.05, 4.69) is 10.3 Å². The lowest BCUT2D eigenvalue weighted by Crippen LogP contribution is -2.30. The number of nitro groups is 1. The van der Waals surface area contributed by atoms with Crippen molar-refractivity contribution in [3.8, 4) is 0 Å². The lowest BCUT2D eigenvalue weighted by Gasteiger charge is -2.24. The molecule has 9 nitrogen and oxygen atoms in total. The van der Waals surface area contributed by atoms with E-state index in [1.54, 1.807) is 43.6 Å². The summed E-state index contributed by atoms with van der Waals surface area (Å²) in [5.41, 5.74) is 4.56. The number of nitrogens with zero attached hydrogens (tertiary/aromatic N) is 3. The number of aromatic nitrogens is 1. The number of carbonyl (C=O) groups excluding carboxylic acids is 1. The molecule has 1 aromatic heterocycles. The van der Waals surface area contributed by atoms with Crippen molar-refractivity contribution in [2.45, 2.75) is 19.9 Å². The number of non-ortho nitro benzene ring substituents is 1. The number of rotatable bonds is 9. The molecule has 0 bridgehead atoms. The maximum absolute atomic E-state index is 12.8. The standard InChI is InChI=1S/C28H26N4O5S/c1-20-3-12-26(32(34)35)18-27(20)31(38(2,36)37)19-23-4-8-24(9-5-23)28(33)30-25-10-6-21(7-11-25)17-22-13-15-29-16-14-22/h3-16,18H,17,19H2,1-2H3,(H,30,33). The molecule has 0 radical (unpaired) electrons. The number of hydrogen-bond donors (Lipinski definition) is 1. The van der Waals surface area contributed by atoms with E-state index < -0.39 is 14.9 Å². The topological polar surface area (TPSA) is 123 Å². The van der Waals surface area contributed by atoms with Crippen LogP contribution in [0.25, 0.3) is 0 Å². The molecule has 0 aliphatic carbocycles. The van der Waals surface area contributed by atoms with Gasteiger partial charge in [0.2, 0.25) is 10.0 Å². The van der Waals surface area contributed by atoms with E-state index in [-0.39, 0.29) is 23.8 Å². The second-order valence-corrected chi connectivity index (χ2v) is 10.8. The van der Waals surface area contributed by atoms with Crippen LogP contribution in [0.4, 0.5) is 17.1 Å². The molecule has 0 atom stereocenters. The number of amides is 1. The number of pyridine rings is 1. The van der Waals surface area contributed by atoms with Crippen LogP contribution in [-0.2, 0) is 23.0 Å². The Morgan fingerprint density at radius 1 is 0.921 bits per heavy atom. The molecule has 10 heteroatoms. The highest BCUT2D eigenvalue weighted by Crippen LogP contribution is 2.29. The van der Waals surface area contributed by atoms with Gasteiger partial charge in [-0.1, -0.05) is 30.3 Å². The fourth-order valence-corrected chi connectivity index (χ4v) is 4.87. The molecule has 0 aliphatic heterocycles. The van der Waals surface area contributed by atoms with Crippen molar-refractivity contribution in [1.29, 1.82) is 0 Å². The van der Waals surface area contributed by atoms with Crippen molar-refractivity contribution >= 4 is 33.0 Å². The van der Waals surface area contributed by atoms with Crippen molar-refractivity contribution in [2.24, 2.45) is 0 Å². The molecule has 0 saturated carbocycles. The fourth-order valence-electron chi connectivity index (χ4n) is 3.93. The largest absolute Gasteiger partial charge is 0.322 e. The van der Waals surface area contributed by atoms with E-state index in [9.17, 15) is 23.3 Å². The van der Waals surface area contributed by atoms with Crippen molar-refractivity contribution in [3.05, 3.63) is 129 Å². The van der Waals surface area contributed by atoms with Gasteiger partial charge in [0.15, 0.2) is 0 Å². The Balaban J connectivity index is 1.45. The van der Waals surface area contributed by atoms with Crippen molar-refractivity contribution in [3.63, 3.8) is 0 Å². The molecule has 4 rings (SSSR count). The van der Waals surface area contributed by atoms with Crippen LogP contribution in [0, 0.1) is 17.0 Å². The number of hydrogen-bond acceptors (Lipinski definition) is 6. The van der Waals surface area contributed by atoms with Gasteiger partial charge in [0, 0.05) is 35.8 Å². The van der Waals surface area contributed by atoms with Crippen LogP contribution in [-0.4, -0.2) is 30.5 Å². The van der Waals surface area contributed by atoms with E-state index in [0.717, 1.165) is 28.1 Å². The maximum Gasteiger partial charge on any atom is 0.271 e. The van der Waals surface area contributed by atoms with Gasteiger partial charge in [-0.2, -0.15) is 0 Å². The Labute approximate surface area is 221 Å². The van der Waals surface area contributed by atoms with Gasteiger partial charge in [-0.25, -0.2) is 8.42 Å². The minimum absolute atomic E-state index is 0.0400. The molecule has 0 spiro atoms. The second kappa shape index (κ2) is 11.2. The maximum atomic E-state index is 12.8. The Morgan fingerprint density at radius 3 is 2.13 bits per heavy atom. The van der Waals surface area contributed by atoms with Gasteiger partial charge < -0.3 is 5.32 Å². The predicted molar refractivity (Wildman–Crippen MR) is 147 cm³/mol. The van der Waals surface area contributed by atoms with E-state index in [0.29, 0.717) is 22.4 Å². The molecule has 3 aromatic carbocycles. The summed E-state index contributed by atoms with van der Waals surface area (Å²) in [7, 11) is -3.74. The molecule has 0 aliphatic rings. The summed E-state index contributed by atoms with van der Waals surface area (Å²) in [6, 6.07) is 22.2. The molecule has 0 saturated heterocycles. The molecule has 1 N–H and O–H groups in total. The summed E-state index contributed by atoms with van der Waals surface area (Å²) < 4.78 is 26.2. The van der Waals surface area contributed by atoms with Crippen molar-refractivity contribution in [1.82, 2.24) is 4.98 Å². The molecular formula is C28H26N4O5S. The third-order valence-electron chi connectivity index (χ3n) is 5.98. The average molecular weight is 531 g/mol. The average Bonchev–Trinajstić information content (AvgIpc) is 2.89. The van der Waals surface area contributed by atoms with Crippen LogP contribution < -0.4 is 9.62 Å². The summed E-state index contributed by atoms with van der Waals surface area (Å²) in [6.07, 6.45) is 5.32. The first-order valence-corrected chi connectivity index (χ1v) is 13.6. The third kappa shape index (κ3) is 6.60. The molecule has 0 unspecified atom stereocenters. The molecule has 38 heavy (non-hydrogen) atoms. The summed E-state index contributed by atoms with van der Waals surface area (Å²) in [4.78, 5) is 27.4. The minimum atomic E-state index is -3.74. The van der Waals surface area contributed by atoms with Crippen LogP contribution >= 0.6 is 0 Å². The summed E-state index contributed by atoms with van der Waals surface area (Å²) in [5.74, 6) is -0.298. The van der Waals surface area contributed by atoms with Gasteiger partial charge in [-0.15, -0.1) is 0 Å². The first kappa shape index (κ1) is 26.5. The summed E-state index contributed by atoms with van der Waals surface area (Å²) in [5, 5.41) is 14.1. The predicted octanol–water partition coefficient (Wildman–Crippen LogP) is 5.11. The van der Waals surface area contributed by atoms with E-state index in [1.807, 2.05) is 36.4 Å². The van der Waals surface area contributed by atoms with Gasteiger partial charge in [0.1, 0.15) is 0 Å². The van der Waals surface area contributed by atoms with Crippen molar-refractivity contribution in [2.75, 3.05) is 15.9 Å². The first-order chi connectivity index (χ1) is 18.1. The number of nitrogens with one attached hydrogen (secondary N) is 1. The lowest BCUT2D eigenvalue weighted by atomic mass is 10.1. The van der Waals surface area contributed by atoms with Gasteiger partial charge in [-0.3, -0.25) is 24.2 Å². The zero-order valence-corrected chi connectivity index (χ0v) is 21.7. The Bertz CT molecular complexity index is 1560. The number of nitro benzene ring substituents is 1. The lowest BCUT2D eigenvalue weighted by molar-refractivity contribution is -0.384. The van der Waals surface area contributed by atoms with Crippen LogP contribution in [0.15, 0.2) is 91.3 Å². The first-order valence-electron chi connectivity index (χ1n) is 11.7. The van der Waals surface area contributed by atoms with Gasteiger partial charge in [-0.05, 0) is 72.0 Å². The molecule has 1 amide bonds. The monoisotopic (exact) mass is 530 g/mol. The Morgan fingerprint density at radius 2 is 1.53 bits per heavy atom. The van der Waals surface area contributed by atoms with Crippen LogP contribution in [0.1, 0.15) is 32.6 Å². The SMILES string of the molecule is Cc1ccc([N+](=O)[O-])cc1N(Cc1ccc(C(=O)Nc2ccc(Cc3ccncc3)cc2)cc1)S(C)(=O)=O. The smallest absolute Gasteiger partial charge is 0.271 e. The Hall–Kier alpha value is -4.57. The van der Waals surface area contributed by atoms with Crippen LogP contribution in [0.3, 0.4) is 0 Å². The molecule has 4 aromatic rings. The summed E-state index contributed by atoms with van der Waals surface area (Å²) >= 11 is 0. The van der Waals surface area contributed by atoms with Crippen molar-refractivity contribution < 1.29 is 18.1 Å². The van der Waals surface area contributed by atoms with E-state index in [1.165, 1.54) is 18.2 Å². The molecular weight excluding hydrogens is 504 g/mol. The number of carbonyl (C=O) groups is 1. The van der Waals surface area contributed by atoms with Crippen LogP contribution in [0.2, 0.25) is 0 Å². The molecule has 194 valence electrons. The van der Waals surface area contributed by atoms with E-state index in [4.69, 9.17) is 0 Å². The fraction of sp³-hybridized carbons (Fsp3) is 0.143.